The highest BCUT2D eigenvalue weighted by Gasteiger charge is 2.19. The maximum absolute atomic E-state index is 4.74. The van der Waals surface area contributed by atoms with Gasteiger partial charge in [-0.25, -0.2) is 4.98 Å². The Kier molecular flexibility index (Phi) is 4.25. The van der Waals surface area contributed by atoms with E-state index in [1.54, 1.807) is 22.7 Å². The molecule has 0 spiro atoms. The second kappa shape index (κ2) is 5.71. The van der Waals surface area contributed by atoms with Crippen LogP contribution < -0.4 is 5.32 Å². The summed E-state index contributed by atoms with van der Waals surface area (Å²) in [6, 6.07) is 0.205. The van der Waals surface area contributed by atoms with E-state index >= 15 is 0 Å². The van der Waals surface area contributed by atoms with Gasteiger partial charge in [0.25, 0.3) is 0 Å². The van der Waals surface area contributed by atoms with E-state index in [0.717, 1.165) is 18.0 Å². The van der Waals surface area contributed by atoms with Crippen molar-refractivity contribution in [2.75, 3.05) is 6.54 Å². The molecule has 0 amide bonds. The number of nitrogens with one attached hydrogen (secondary N) is 1. The Balaban J connectivity index is 2.32. The average molecular weight is 267 g/mol. The standard InChI is InChI=1S/C12H17N3S2/c1-4-9-8(3)17-12(15-9)11(14-5-2)10-6-13-7-16-10/h6-7,11,14H,4-5H2,1-3H3. The van der Waals surface area contributed by atoms with Gasteiger partial charge in [0.15, 0.2) is 0 Å². The molecule has 0 aliphatic heterocycles. The molecule has 0 aliphatic rings. The second-order valence-corrected chi connectivity index (χ2v) is 5.96. The Morgan fingerprint density at radius 1 is 1.41 bits per heavy atom. The molecule has 0 fully saturated rings. The molecular weight excluding hydrogens is 250 g/mol. The van der Waals surface area contributed by atoms with Crippen LogP contribution in [0.3, 0.4) is 0 Å². The molecule has 1 unspecified atom stereocenters. The van der Waals surface area contributed by atoms with Crippen molar-refractivity contribution in [3.05, 3.63) is 32.2 Å². The summed E-state index contributed by atoms with van der Waals surface area (Å²) in [6.45, 7) is 7.36. The third-order valence-corrected chi connectivity index (χ3v) is 4.55. The molecule has 2 aromatic rings. The van der Waals surface area contributed by atoms with Crippen LogP contribution in [0.2, 0.25) is 0 Å². The highest BCUT2D eigenvalue weighted by molar-refractivity contribution is 7.12. The van der Waals surface area contributed by atoms with Gasteiger partial charge in [0.1, 0.15) is 5.01 Å². The Hall–Kier alpha value is -0.780. The lowest BCUT2D eigenvalue weighted by atomic mass is 10.2. The first kappa shape index (κ1) is 12.7. The van der Waals surface area contributed by atoms with E-state index in [1.807, 2.05) is 11.7 Å². The molecule has 0 aliphatic carbocycles. The van der Waals surface area contributed by atoms with Gasteiger partial charge in [-0.1, -0.05) is 13.8 Å². The molecule has 1 atom stereocenters. The van der Waals surface area contributed by atoms with Crippen LogP contribution in [-0.2, 0) is 6.42 Å². The number of aromatic nitrogens is 2. The topological polar surface area (TPSA) is 37.8 Å². The smallest absolute Gasteiger partial charge is 0.116 e. The first-order valence-electron chi connectivity index (χ1n) is 5.84. The Morgan fingerprint density at radius 3 is 2.76 bits per heavy atom. The molecule has 0 saturated heterocycles. The van der Waals surface area contributed by atoms with E-state index in [2.05, 4.69) is 31.1 Å². The molecule has 2 heterocycles. The summed E-state index contributed by atoms with van der Waals surface area (Å²) in [6.07, 6.45) is 2.93. The minimum atomic E-state index is 0.205. The highest BCUT2D eigenvalue weighted by atomic mass is 32.1. The summed E-state index contributed by atoms with van der Waals surface area (Å²) < 4.78 is 0. The van der Waals surface area contributed by atoms with Crippen LogP contribution in [0.15, 0.2) is 11.7 Å². The first-order valence-corrected chi connectivity index (χ1v) is 7.53. The zero-order chi connectivity index (χ0) is 12.3. The van der Waals surface area contributed by atoms with Crippen LogP contribution in [0, 0.1) is 6.92 Å². The van der Waals surface area contributed by atoms with Gasteiger partial charge in [-0.15, -0.1) is 22.7 Å². The van der Waals surface area contributed by atoms with Crippen LogP contribution in [0.4, 0.5) is 0 Å². The third kappa shape index (κ3) is 2.73. The van der Waals surface area contributed by atoms with Gasteiger partial charge in [0.2, 0.25) is 0 Å². The molecule has 0 bridgehead atoms. The van der Waals surface area contributed by atoms with Crippen molar-refractivity contribution in [3.8, 4) is 0 Å². The minimum absolute atomic E-state index is 0.205. The molecule has 17 heavy (non-hydrogen) atoms. The van der Waals surface area contributed by atoms with Crippen LogP contribution in [0.1, 0.15) is 40.3 Å². The summed E-state index contributed by atoms with van der Waals surface area (Å²) in [5.41, 5.74) is 3.10. The minimum Gasteiger partial charge on any atom is -0.304 e. The Labute approximate surface area is 110 Å². The second-order valence-electron chi connectivity index (χ2n) is 3.80. The van der Waals surface area contributed by atoms with Crippen molar-refractivity contribution in [2.45, 2.75) is 33.2 Å². The largest absolute Gasteiger partial charge is 0.304 e. The fourth-order valence-electron chi connectivity index (χ4n) is 1.78. The maximum Gasteiger partial charge on any atom is 0.116 e. The normalized spacial score (nSPS) is 12.9. The van der Waals surface area contributed by atoms with Crippen LogP contribution in [0.25, 0.3) is 0 Å². The van der Waals surface area contributed by atoms with E-state index in [4.69, 9.17) is 4.98 Å². The summed E-state index contributed by atoms with van der Waals surface area (Å²) in [5, 5.41) is 4.64. The summed E-state index contributed by atoms with van der Waals surface area (Å²) in [5.74, 6) is 0. The van der Waals surface area contributed by atoms with Crippen molar-refractivity contribution in [1.29, 1.82) is 0 Å². The van der Waals surface area contributed by atoms with Gasteiger partial charge >= 0.3 is 0 Å². The van der Waals surface area contributed by atoms with Crippen LogP contribution >= 0.6 is 22.7 Å². The highest BCUT2D eigenvalue weighted by Crippen LogP contribution is 2.30. The van der Waals surface area contributed by atoms with Gasteiger partial charge in [0, 0.05) is 16.0 Å². The van der Waals surface area contributed by atoms with Crippen LogP contribution in [0.5, 0.6) is 0 Å². The lowest BCUT2D eigenvalue weighted by molar-refractivity contribution is 0.633. The van der Waals surface area contributed by atoms with E-state index in [0.29, 0.717) is 0 Å². The molecule has 0 radical (unpaired) electrons. The zero-order valence-electron chi connectivity index (χ0n) is 10.4. The van der Waals surface area contributed by atoms with Gasteiger partial charge in [-0.3, -0.25) is 4.98 Å². The quantitative estimate of drug-likeness (QED) is 0.904. The Bertz CT molecular complexity index is 462. The molecule has 2 aromatic heterocycles. The van der Waals surface area contributed by atoms with Crippen molar-refractivity contribution >= 4 is 22.7 Å². The lowest BCUT2D eigenvalue weighted by Crippen LogP contribution is -2.21. The molecule has 5 heteroatoms. The van der Waals surface area contributed by atoms with E-state index < -0.39 is 0 Å². The van der Waals surface area contributed by atoms with Crippen molar-refractivity contribution in [3.63, 3.8) is 0 Å². The van der Waals surface area contributed by atoms with Gasteiger partial charge in [-0.2, -0.15) is 0 Å². The average Bonchev–Trinajstić information content (AvgIpc) is 2.95. The molecule has 1 N–H and O–H groups in total. The van der Waals surface area contributed by atoms with Crippen LogP contribution in [-0.4, -0.2) is 16.5 Å². The monoisotopic (exact) mass is 267 g/mol. The molecule has 0 aromatic carbocycles. The number of nitrogens with zero attached hydrogens (tertiary/aromatic N) is 2. The summed E-state index contributed by atoms with van der Waals surface area (Å²) in [7, 11) is 0. The van der Waals surface area contributed by atoms with E-state index in [1.165, 1.54) is 15.4 Å². The predicted molar refractivity (Wildman–Crippen MR) is 73.9 cm³/mol. The third-order valence-electron chi connectivity index (χ3n) is 2.64. The van der Waals surface area contributed by atoms with Crippen molar-refractivity contribution in [2.24, 2.45) is 0 Å². The Morgan fingerprint density at radius 2 is 2.24 bits per heavy atom. The van der Waals surface area contributed by atoms with Crippen molar-refractivity contribution in [1.82, 2.24) is 15.3 Å². The zero-order valence-corrected chi connectivity index (χ0v) is 12.0. The number of hydrogen-bond acceptors (Lipinski definition) is 5. The summed E-state index contributed by atoms with van der Waals surface area (Å²) in [4.78, 5) is 11.5. The number of aryl methyl sites for hydroxylation is 2. The van der Waals surface area contributed by atoms with E-state index in [-0.39, 0.29) is 6.04 Å². The number of rotatable bonds is 5. The maximum atomic E-state index is 4.74. The number of thiazole rings is 2. The van der Waals surface area contributed by atoms with Crippen molar-refractivity contribution < 1.29 is 0 Å². The fraction of sp³-hybridized carbons (Fsp3) is 0.500. The van der Waals surface area contributed by atoms with Gasteiger partial charge < -0.3 is 5.32 Å². The molecule has 92 valence electrons. The fourth-order valence-corrected chi connectivity index (χ4v) is 3.66. The summed E-state index contributed by atoms with van der Waals surface area (Å²) >= 11 is 3.47. The molecule has 2 rings (SSSR count). The van der Waals surface area contributed by atoms with E-state index in [9.17, 15) is 0 Å². The SMILES string of the molecule is CCNC(c1cncs1)c1nc(CC)c(C)s1. The number of hydrogen-bond donors (Lipinski definition) is 1. The molecule has 3 nitrogen and oxygen atoms in total. The molecular formula is C12H17N3S2. The lowest BCUT2D eigenvalue weighted by Gasteiger charge is -2.12. The van der Waals surface area contributed by atoms with Gasteiger partial charge in [-0.05, 0) is 19.9 Å². The predicted octanol–water partition coefficient (Wildman–Crippen LogP) is 3.17. The van der Waals surface area contributed by atoms with Gasteiger partial charge in [0.05, 0.1) is 17.2 Å². The first-order chi connectivity index (χ1) is 8.26. The molecule has 0 saturated carbocycles.